The number of carbonyl (C=O) groups is 2. The molecular formula is C4H8N2O4. The quantitative estimate of drug-likeness (QED) is 0.329. The van der Waals surface area contributed by atoms with Crippen molar-refractivity contribution in [1.82, 2.24) is 5.32 Å². The predicted octanol–water partition coefficient (Wildman–Crippen LogP) is -2.54. The summed E-state index contributed by atoms with van der Waals surface area (Å²) in [6.45, 7) is -0.343. The van der Waals surface area contributed by atoms with Gasteiger partial charge in [0, 0.05) is 0 Å². The zero-order chi connectivity index (χ0) is 8.15. The summed E-state index contributed by atoms with van der Waals surface area (Å²) in [6, 6.07) is 0. The molecule has 6 nitrogen and oxygen atoms in total. The molecule has 0 aliphatic rings. The van der Waals surface area contributed by atoms with Crippen LogP contribution in [-0.2, 0) is 9.59 Å². The van der Waals surface area contributed by atoms with Gasteiger partial charge in [-0.15, -0.1) is 0 Å². The van der Waals surface area contributed by atoms with Gasteiger partial charge in [0.25, 0.3) is 0 Å². The number of hydrogen-bond acceptors (Lipinski definition) is 4. The van der Waals surface area contributed by atoms with E-state index in [-0.39, 0.29) is 6.54 Å². The molecule has 0 radical (unpaired) electrons. The topological polar surface area (TPSA) is 113 Å². The number of aliphatic carboxylic acids is 1. The zero-order valence-corrected chi connectivity index (χ0v) is 5.07. The Hall–Kier alpha value is -1.14. The molecule has 0 fully saturated rings. The molecule has 58 valence electrons. The van der Waals surface area contributed by atoms with Gasteiger partial charge in [0.2, 0.25) is 12.1 Å². The van der Waals surface area contributed by atoms with Crippen LogP contribution in [0.15, 0.2) is 0 Å². The molecule has 0 heterocycles. The van der Waals surface area contributed by atoms with Crippen molar-refractivity contribution >= 4 is 11.9 Å². The summed E-state index contributed by atoms with van der Waals surface area (Å²) in [7, 11) is 0. The number of hydrogen-bond donors (Lipinski definition) is 4. The molecule has 1 atom stereocenters. The Morgan fingerprint density at radius 3 is 2.40 bits per heavy atom. The molecule has 1 unspecified atom stereocenters. The summed E-state index contributed by atoms with van der Waals surface area (Å²) < 4.78 is 0. The largest absolute Gasteiger partial charge is 0.478 e. The van der Waals surface area contributed by atoms with Crippen molar-refractivity contribution in [2.24, 2.45) is 5.73 Å². The van der Waals surface area contributed by atoms with Gasteiger partial charge in [0.1, 0.15) is 0 Å². The van der Waals surface area contributed by atoms with E-state index >= 15 is 0 Å². The van der Waals surface area contributed by atoms with E-state index in [9.17, 15) is 9.59 Å². The van der Waals surface area contributed by atoms with Crippen molar-refractivity contribution in [2.75, 3.05) is 6.54 Å². The first-order chi connectivity index (χ1) is 4.57. The van der Waals surface area contributed by atoms with Gasteiger partial charge < -0.3 is 21.3 Å². The monoisotopic (exact) mass is 148 g/mol. The minimum absolute atomic E-state index is 0.343. The summed E-state index contributed by atoms with van der Waals surface area (Å²) in [5.74, 6) is -2.23. The van der Waals surface area contributed by atoms with Crippen LogP contribution in [0.4, 0.5) is 0 Å². The highest BCUT2D eigenvalue weighted by atomic mass is 16.4. The second-order valence-electron chi connectivity index (χ2n) is 1.51. The summed E-state index contributed by atoms with van der Waals surface area (Å²) in [4.78, 5) is 20.1. The minimum Gasteiger partial charge on any atom is -0.478 e. The highest BCUT2D eigenvalue weighted by molar-refractivity contribution is 5.83. The van der Waals surface area contributed by atoms with Gasteiger partial charge in [-0.1, -0.05) is 0 Å². The molecule has 0 rings (SSSR count). The maximum atomic E-state index is 10.3. The van der Waals surface area contributed by atoms with Gasteiger partial charge >= 0.3 is 5.97 Å². The van der Waals surface area contributed by atoms with Crippen LogP contribution in [0.3, 0.4) is 0 Å². The Labute approximate surface area is 56.6 Å². The average molecular weight is 148 g/mol. The molecule has 0 bridgehead atoms. The zero-order valence-electron chi connectivity index (χ0n) is 5.07. The highest BCUT2D eigenvalue weighted by Crippen LogP contribution is 1.74. The van der Waals surface area contributed by atoms with Crippen LogP contribution in [0.5, 0.6) is 0 Å². The highest BCUT2D eigenvalue weighted by Gasteiger charge is 2.13. The molecule has 0 aliphatic heterocycles. The van der Waals surface area contributed by atoms with E-state index in [1.807, 2.05) is 0 Å². The molecule has 0 aromatic rings. The number of aliphatic hydroxyl groups excluding tert-OH is 1. The first-order valence-electron chi connectivity index (χ1n) is 2.48. The average Bonchev–Trinajstić information content (AvgIpc) is 1.87. The van der Waals surface area contributed by atoms with Gasteiger partial charge in [-0.25, -0.2) is 4.79 Å². The Balaban J connectivity index is 3.68. The second-order valence-corrected chi connectivity index (χ2v) is 1.51. The van der Waals surface area contributed by atoms with Gasteiger partial charge in [-0.05, 0) is 0 Å². The third kappa shape index (κ3) is 3.00. The number of rotatable bonds is 3. The predicted molar refractivity (Wildman–Crippen MR) is 30.8 cm³/mol. The lowest BCUT2D eigenvalue weighted by molar-refractivity contribution is -0.151. The lowest BCUT2D eigenvalue weighted by Crippen LogP contribution is -2.43. The Morgan fingerprint density at radius 2 is 2.10 bits per heavy atom. The number of carboxylic acids is 1. The van der Waals surface area contributed by atoms with Crippen molar-refractivity contribution in [3.63, 3.8) is 0 Å². The van der Waals surface area contributed by atoms with Crippen LogP contribution in [-0.4, -0.2) is 34.9 Å². The molecule has 0 aliphatic carbocycles. The molecule has 0 spiro atoms. The number of nitrogens with two attached hydrogens (primary N) is 1. The fourth-order valence-electron chi connectivity index (χ4n) is 0.273. The lowest BCUT2D eigenvalue weighted by Gasteiger charge is -2.05. The number of carbonyl (C=O) groups excluding carboxylic acids is 1. The SMILES string of the molecule is NCC(=O)NC(O)C(=O)O. The third-order valence-electron chi connectivity index (χ3n) is 0.717. The molecule has 0 saturated carbocycles. The summed E-state index contributed by atoms with van der Waals surface area (Å²) in [5.41, 5.74) is 4.80. The van der Waals surface area contributed by atoms with Gasteiger partial charge in [-0.3, -0.25) is 4.79 Å². The maximum absolute atomic E-state index is 10.3. The summed E-state index contributed by atoms with van der Waals surface area (Å²) >= 11 is 0. The Morgan fingerprint density at radius 1 is 1.60 bits per heavy atom. The van der Waals surface area contributed by atoms with Crippen molar-refractivity contribution < 1.29 is 19.8 Å². The fourth-order valence-corrected chi connectivity index (χ4v) is 0.273. The van der Waals surface area contributed by atoms with Crippen LogP contribution < -0.4 is 11.1 Å². The number of amides is 1. The second kappa shape index (κ2) is 3.80. The van der Waals surface area contributed by atoms with E-state index in [0.717, 1.165) is 0 Å². The summed E-state index contributed by atoms with van der Waals surface area (Å²) in [5, 5.41) is 18.2. The molecule has 6 heteroatoms. The van der Waals surface area contributed by atoms with Gasteiger partial charge in [0.15, 0.2) is 0 Å². The van der Waals surface area contributed by atoms with Crippen LogP contribution >= 0.6 is 0 Å². The van der Waals surface area contributed by atoms with Crippen molar-refractivity contribution in [3.05, 3.63) is 0 Å². The third-order valence-corrected chi connectivity index (χ3v) is 0.717. The lowest BCUT2D eigenvalue weighted by atomic mass is 10.5. The van der Waals surface area contributed by atoms with Crippen LogP contribution in [0.2, 0.25) is 0 Å². The molecular weight excluding hydrogens is 140 g/mol. The molecule has 0 aromatic carbocycles. The van der Waals surface area contributed by atoms with Crippen molar-refractivity contribution in [1.29, 1.82) is 0 Å². The van der Waals surface area contributed by atoms with E-state index in [4.69, 9.17) is 15.9 Å². The van der Waals surface area contributed by atoms with E-state index in [1.54, 1.807) is 5.32 Å². The summed E-state index contributed by atoms with van der Waals surface area (Å²) in [6.07, 6.45) is -1.86. The van der Waals surface area contributed by atoms with Crippen LogP contribution in [0.1, 0.15) is 0 Å². The minimum atomic E-state index is -1.86. The first-order valence-corrected chi connectivity index (χ1v) is 2.48. The maximum Gasteiger partial charge on any atom is 0.353 e. The molecule has 1 amide bonds. The standard InChI is InChI=1S/C4H8N2O4/c5-1-2(7)6-3(8)4(9)10/h3,8H,1,5H2,(H,6,7)(H,9,10). The number of nitrogens with one attached hydrogen (secondary N) is 1. The van der Waals surface area contributed by atoms with Crippen LogP contribution in [0, 0.1) is 0 Å². The molecule has 0 aromatic heterocycles. The Kier molecular flexibility index (Phi) is 3.37. The normalized spacial score (nSPS) is 12.2. The van der Waals surface area contributed by atoms with E-state index in [2.05, 4.69) is 0 Å². The smallest absolute Gasteiger partial charge is 0.353 e. The van der Waals surface area contributed by atoms with Crippen LogP contribution in [0.25, 0.3) is 0 Å². The molecule has 0 saturated heterocycles. The Bertz CT molecular complexity index is 146. The number of carboxylic acid groups (broad SMARTS) is 1. The van der Waals surface area contributed by atoms with Crippen molar-refractivity contribution in [2.45, 2.75) is 6.23 Å². The fraction of sp³-hybridized carbons (Fsp3) is 0.500. The van der Waals surface area contributed by atoms with Gasteiger partial charge in [-0.2, -0.15) is 0 Å². The number of aliphatic hydroxyl groups is 1. The van der Waals surface area contributed by atoms with E-state index in [1.165, 1.54) is 0 Å². The molecule has 5 N–H and O–H groups in total. The first kappa shape index (κ1) is 8.86. The van der Waals surface area contributed by atoms with E-state index in [0.29, 0.717) is 0 Å². The van der Waals surface area contributed by atoms with Crippen molar-refractivity contribution in [3.8, 4) is 0 Å². The van der Waals surface area contributed by atoms with Gasteiger partial charge in [0.05, 0.1) is 6.54 Å². The van der Waals surface area contributed by atoms with E-state index < -0.39 is 18.1 Å². The molecule has 10 heavy (non-hydrogen) atoms.